The van der Waals surface area contributed by atoms with Crippen molar-refractivity contribution < 1.29 is 4.79 Å². The number of carbonyl (C=O) groups is 1. The maximum Gasteiger partial charge on any atom is 0.257 e. The molecule has 1 aromatic heterocycles. The molecule has 1 heterocycles. The highest BCUT2D eigenvalue weighted by Crippen LogP contribution is 2.25. The molecule has 0 aliphatic rings. The molecule has 0 radical (unpaired) electrons. The van der Waals surface area contributed by atoms with E-state index in [4.69, 9.17) is 23.2 Å². The number of hydrogen-bond acceptors (Lipinski definition) is 2. The average molecular weight is 317 g/mol. The Hall–Kier alpha value is -2.10. The van der Waals surface area contributed by atoms with Gasteiger partial charge in [0.1, 0.15) is 5.15 Å². The molecule has 21 heavy (non-hydrogen) atoms. The van der Waals surface area contributed by atoms with Crippen LogP contribution in [-0.2, 0) is 0 Å². The van der Waals surface area contributed by atoms with Crippen LogP contribution in [0, 0.1) is 0 Å². The summed E-state index contributed by atoms with van der Waals surface area (Å²) in [5, 5.41) is 5.25. The van der Waals surface area contributed by atoms with Crippen LogP contribution in [0.4, 0.5) is 5.69 Å². The summed E-state index contributed by atoms with van der Waals surface area (Å²) < 4.78 is 0. The predicted octanol–water partition coefficient (Wildman–Crippen LogP) is 4.79. The van der Waals surface area contributed by atoms with Crippen LogP contribution in [0.2, 0.25) is 10.2 Å². The van der Waals surface area contributed by atoms with Gasteiger partial charge in [-0.25, -0.2) is 4.98 Å². The number of amides is 1. The Morgan fingerprint density at radius 3 is 2.52 bits per heavy atom. The van der Waals surface area contributed by atoms with Crippen LogP contribution >= 0.6 is 23.2 Å². The molecule has 0 aliphatic heterocycles. The lowest BCUT2D eigenvalue weighted by molar-refractivity contribution is 0.102. The lowest BCUT2D eigenvalue weighted by Crippen LogP contribution is -2.12. The molecule has 3 rings (SSSR count). The summed E-state index contributed by atoms with van der Waals surface area (Å²) in [6.07, 6.45) is 1.48. The van der Waals surface area contributed by atoms with E-state index in [1.165, 1.54) is 6.20 Å². The summed E-state index contributed by atoms with van der Waals surface area (Å²) in [6, 6.07) is 14.4. The highest BCUT2D eigenvalue weighted by molar-refractivity contribution is 6.35. The fourth-order valence-corrected chi connectivity index (χ4v) is 2.51. The number of aromatic nitrogens is 1. The fraction of sp³-hybridized carbons (Fsp3) is 0. The van der Waals surface area contributed by atoms with Gasteiger partial charge in [0.05, 0.1) is 5.56 Å². The number of anilines is 1. The Morgan fingerprint density at radius 2 is 1.76 bits per heavy atom. The van der Waals surface area contributed by atoms with Crippen molar-refractivity contribution in [3.63, 3.8) is 0 Å². The predicted molar refractivity (Wildman–Crippen MR) is 86.2 cm³/mol. The second-order valence-corrected chi connectivity index (χ2v) is 5.27. The van der Waals surface area contributed by atoms with E-state index in [0.29, 0.717) is 21.4 Å². The van der Waals surface area contributed by atoms with E-state index in [2.05, 4.69) is 10.3 Å². The van der Waals surface area contributed by atoms with E-state index in [1.807, 2.05) is 24.3 Å². The van der Waals surface area contributed by atoms with Gasteiger partial charge < -0.3 is 5.32 Å². The third kappa shape index (κ3) is 2.84. The van der Waals surface area contributed by atoms with Gasteiger partial charge in [-0.15, -0.1) is 0 Å². The third-order valence-electron chi connectivity index (χ3n) is 3.07. The van der Waals surface area contributed by atoms with Gasteiger partial charge >= 0.3 is 0 Å². The maximum atomic E-state index is 12.4. The van der Waals surface area contributed by atoms with Crippen molar-refractivity contribution in [1.29, 1.82) is 0 Å². The first-order chi connectivity index (χ1) is 10.1. The fourth-order valence-electron chi connectivity index (χ4n) is 2.10. The summed E-state index contributed by atoms with van der Waals surface area (Å²) in [5.74, 6) is -0.252. The summed E-state index contributed by atoms with van der Waals surface area (Å²) in [5.41, 5.74) is 1.10. The highest BCUT2D eigenvalue weighted by atomic mass is 35.5. The molecule has 5 heteroatoms. The van der Waals surface area contributed by atoms with Gasteiger partial charge in [-0.1, -0.05) is 53.5 Å². The molecule has 0 spiro atoms. The minimum absolute atomic E-state index is 0.252. The zero-order chi connectivity index (χ0) is 14.8. The molecule has 104 valence electrons. The van der Waals surface area contributed by atoms with Crippen LogP contribution in [-0.4, -0.2) is 10.9 Å². The SMILES string of the molecule is O=C(Nc1cccc(Cl)c1)c1cnc(Cl)c2ccccc12. The average Bonchev–Trinajstić information content (AvgIpc) is 2.48. The zero-order valence-corrected chi connectivity index (χ0v) is 12.3. The number of carbonyl (C=O) groups excluding carboxylic acids is 1. The van der Waals surface area contributed by atoms with E-state index < -0.39 is 0 Å². The largest absolute Gasteiger partial charge is 0.322 e. The highest BCUT2D eigenvalue weighted by Gasteiger charge is 2.13. The van der Waals surface area contributed by atoms with Crippen LogP contribution in [0.1, 0.15) is 10.4 Å². The lowest BCUT2D eigenvalue weighted by Gasteiger charge is -2.08. The topological polar surface area (TPSA) is 42.0 Å². The molecule has 0 unspecified atom stereocenters. The van der Waals surface area contributed by atoms with E-state index in [0.717, 1.165) is 10.8 Å². The molecule has 0 atom stereocenters. The Bertz CT molecular complexity index is 833. The van der Waals surface area contributed by atoms with Gasteiger partial charge in [0.25, 0.3) is 5.91 Å². The molecule has 3 aromatic rings. The maximum absolute atomic E-state index is 12.4. The van der Waals surface area contributed by atoms with Crippen molar-refractivity contribution in [2.45, 2.75) is 0 Å². The number of halogens is 2. The second kappa shape index (κ2) is 5.72. The number of fused-ring (bicyclic) bond motifs is 1. The first kappa shape index (κ1) is 13.9. The van der Waals surface area contributed by atoms with Crippen LogP contribution in [0.25, 0.3) is 10.8 Å². The van der Waals surface area contributed by atoms with Crippen LogP contribution < -0.4 is 5.32 Å². The van der Waals surface area contributed by atoms with E-state index in [1.54, 1.807) is 24.3 Å². The van der Waals surface area contributed by atoms with Crippen molar-refractivity contribution in [1.82, 2.24) is 4.98 Å². The van der Waals surface area contributed by atoms with Gasteiger partial charge in [0.15, 0.2) is 0 Å². The normalized spacial score (nSPS) is 10.6. The molecule has 1 amide bonds. The number of benzene rings is 2. The molecule has 0 saturated heterocycles. The van der Waals surface area contributed by atoms with Crippen LogP contribution in [0.15, 0.2) is 54.7 Å². The van der Waals surface area contributed by atoms with Crippen molar-refractivity contribution in [3.8, 4) is 0 Å². The van der Waals surface area contributed by atoms with E-state index in [9.17, 15) is 4.79 Å². The van der Waals surface area contributed by atoms with Crippen molar-refractivity contribution >= 4 is 45.6 Å². The Balaban J connectivity index is 2.01. The monoisotopic (exact) mass is 316 g/mol. The molecule has 2 aromatic carbocycles. The smallest absolute Gasteiger partial charge is 0.257 e. The first-order valence-corrected chi connectivity index (χ1v) is 7.01. The Morgan fingerprint density at radius 1 is 1.00 bits per heavy atom. The summed E-state index contributed by atoms with van der Waals surface area (Å²) >= 11 is 12.0. The molecule has 0 saturated carbocycles. The zero-order valence-electron chi connectivity index (χ0n) is 10.8. The van der Waals surface area contributed by atoms with E-state index >= 15 is 0 Å². The molecule has 3 nitrogen and oxygen atoms in total. The van der Waals surface area contributed by atoms with Crippen LogP contribution in [0.3, 0.4) is 0 Å². The molecular weight excluding hydrogens is 307 g/mol. The van der Waals surface area contributed by atoms with Crippen molar-refractivity contribution in [3.05, 3.63) is 70.5 Å². The van der Waals surface area contributed by atoms with E-state index in [-0.39, 0.29) is 5.91 Å². The Kier molecular flexibility index (Phi) is 3.78. The Labute approximate surface area is 131 Å². The quantitative estimate of drug-likeness (QED) is 0.690. The number of nitrogens with zero attached hydrogens (tertiary/aromatic N) is 1. The van der Waals surface area contributed by atoms with Gasteiger partial charge in [-0.2, -0.15) is 0 Å². The summed E-state index contributed by atoms with van der Waals surface area (Å²) in [6.45, 7) is 0. The standard InChI is InChI=1S/C16H10Cl2N2O/c17-10-4-3-5-11(8-10)20-16(21)14-9-19-15(18)13-7-2-1-6-12(13)14/h1-9H,(H,20,21). The number of rotatable bonds is 2. The molecular formula is C16H10Cl2N2O. The van der Waals surface area contributed by atoms with Crippen LogP contribution in [0.5, 0.6) is 0 Å². The molecule has 1 N–H and O–H groups in total. The van der Waals surface area contributed by atoms with Gasteiger partial charge in [0, 0.05) is 22.3 Å². The minimum atomic E-state index is -0.252. The van der Waals surface area contributed by atoms with Crippen molar-refractivity contribution in [2.24, 2.45) is 0 Å². The second-order valence-electron chi connectivity index (χ2n) is 4.47. The molecule has 0 bridgehead atoms. The summed E-state index contributed by atoms with van der Waals surface area (Å²) in [4.78, 5) is 16.5. The number of nitrogens with one attached hydrogen (secondary N) is 1. The molecule has 0 fully saturated rings. The van der Waals surface area contributed by atoms with Gasteiger partial charge in [-0.3, -0.25) is 4.79 Å². The van der Waals surface area contributed by atoms with Gasteiger partial charge in [-0.05, 0) is 23.6 Å². The van der Waals surface area contributed by atoms with Crippen molar-refractivity contribution in [2.75, 3.05) is 5.32 Å². The molecule has 0 aliphatic carbocycles. The lowest BCUT2D eigenvalue weighted by atomic mass is 10.1. The first-order valence-electron chi connectivity index (χ1n) is 6.25. The minimum Gasteiger partial charge on any atom is -0.322 e. The number of hydrogen-bond donors (Lipinski definition) is 1. The third-order valence-corrected chi connectivity index (χ3v) is 3.61. The van der Waals surface area contributed by atoms with Gasteiger partial charge in [0.2, 0.25) is 0 Å². The summed E-state index contributed by atoms with van der Waals surface area (Å²) in [7, 11) is 0. The number of pyridine rings is 1.